The Hall–Kier alpha value is -3.28. The van der Waals surface area contributed by atoms with E-state index in [1.165, 1.54) is 0 Å². The second-order valence-electron chi connectivity index (χ2n) is 6.08. The molecule has 4 aromatic rings. The third-order valence-electron chi connectivity index (χ3n) is 4.16. The third kappa shape index (κ3) is 2.71. The number of aromatic amines is 1. The van der Waals surface area contributed by atoms with Crippen LogP contribution >= 0.6 is 0 Å². The molecule has 0 saturated carbocycles. The molecule has 0 fully saturated rings. The van der Waals surface area contributed by atoms with Gasteiger partial charge in [-0.1, -0.05) is 0 Å². The zero-order chi connectivity index (χ0) is 17.4. The minimum atomic E-state index is 0.964. The molecule has 0 bridgehead atoms. The zero-order valence-electron chi connectivity index (χ0n) is 14.5. The Morgan fingerprint density at radius 2 is 1.56 bits per heavy atom. The van der Waals surface area contributed by atoms with E-state index in [1.54, 1.807) is 0 Å². The lowest BCUT2D eigenvalue weighted by molar-refractivity contribution is -1.29. The third-order valence-corrected chi connectivity index (χ3v) is 4.16. The van der Waals surface area contributed by atoms with Gasteiger partial charge in [-0.3, -0.25) is 9.78 Å². The molecule has 0 saturated heterocycles. The van der Waals surface area contributed by atoms with E-state index < -0.39 is 0 Å². The van der Waals surface area contributed by atoms with Gasteiger partial charge in [0.1, 0.15) is 11.4 Å². The van der Waals surface area contributed by atoms with Gasteiger partial charge in [0, 0.05) is 31.3 Å². The molecule has 124 valence electrons. The normalized spacial score (nSPS) is 11.0. The summed E-state index contributed by atoms with van der Waals surface area (Å²) >= 11 is 0. The molecule has 6 nitrogen and oxygen atoms in total. The smallest absolute Gasteiger partial charge is 0.271 e. The Labute approximate surface area is 146 Å². The summed E-state index contributed by atoms with van der Waals surface area (Å²) in [5, 5.41) is 11.9. The molecule has 6 heteroatoms. The molecular formula is C19H20N6+2. The first-order valence-corrected chi connectivity index (χ1v) is 8.19. The monoisotopic (exact) mass is 332 g/mol. The molecule has 0 spiro atoms. The first-order valence-electron chi connectivity index (χ1n) is 8.19. The summed E-state index contributed by atoms with van der Waals surface area (Å²) in [6.45, 7) is 3.98. The van der Waals surface area contributed by atoms with Crippen LogP contribution in [0, 0.1) is 13.8 Å². The number of rotatable bonds is 3. The quantitative estimate of drug-likeness (QED) is 0.583. The summed E-state index contributed by atoms with van der Waals surface area (Å²) in [6, 6.07) is 16.4. The fourth-order valence-electron chi connectivity index (χ4n) is 3.06. The highest BCUT2D eigenvalue weighted by atomic mass is 15.5. The van der Waals surface area contributed by atoms with Gasteiger partial charge in [-0.05, 0) is 38.1 Å². The van der Waals surface area contributed by atoms with Crippen molar-refractivity contribution in [2.75, 3.05) is 0 Å². The van der Waals surface area contributed by atoms with Crippen LogP contribution in [0.25, 0.3) is 22.8 Å². The summed E-state index contributed by atoms with van der Waals surface area (Å²) < 4.78 is 6.12. The van der Waals surface area contributed by atoms with E-state index in [0.717, 1.165) is 34.2 Å². The van der Waals surface area contributed by atoms with E-state index in [0.29, 0.717) is 0 Å². The lowest BCUT2D eigenvalue weighted by atomic mass is 10.2. The largest absolute Gasteiger partial charge is 0.302 e. The van der Waals surface area contributed by atoms with E-state index in [1.807, 2.05) is 68.3 Å². The van der Waals surface area contributed by atoms with Gasteiger partial charge in [-0.25, -0.2) is 0 Å². The Balaban J connectivity index is 1.94. The minimum Gasteiger partial charge on any atom is -0.271 e. The van der Waals surface area contributed by atoms with Crippen LogP contribution in [0.2, 0.25) is 0 Å². The van der Waals surface area contributed by atoms with Gasteiger partial charge < -0.3 is 0 Å². The first kappa shape index (κ1) is 15.3. The van der Waals surface area contributed by atoms with Crippen molar-refractivity contribution >= 4 is 0 Å². The van der Waals surface area contributed by atoms with Crippen molar-refractivity contribution in [2.45, 2.75) is 13.8 Å². The number of aryl methyl sites for hydroxylation is 3. The number of nitrogens with zero attached hydrogens (tertiary/aromatic N) is 5. The molecule has 0 amide bonds. The fourth-order valence-corrected chi connectivity index (χ4v) is 3.06. The van der Waals surface area contributed by atoms with Crippen LogP contribution in [-0.2, 0) is 7.05 Å². The number of nitrogens with one attached hydrogen (secondary N) is 1. The molecule has 0 aliphatic rings. The van der Waals surface area contributed by atoms with Gasteiger partial charge in [0.2, 0.25) is 12.4 Å². The van der Waals surface area contributed by atoms with Crippen LogP contribution in [0.15, 0.2) is 60.9 Å². The van der Waals surface area contributed by atoms with Crippen LogP contribution in [-0.4, -0.2) is 20.0 Å². The van der Waals surface area contributed by atoms with Crippen LogP contribution in [0.4, 0.5) is 0 Å². The van der Waals surface area contributed by atoms with Crippen LogP contribution < -0.4 is 9.35 Å². The molecule has 0 radical (unpaired) electrons. The van der Waals surface area contributed by atoms with Gasteiger partial charge in [0.25, 0.3) is 0 Å². The van der Waals surface area contributed by atoms with Gasteiger partial charge in [-0.2, -0.15) is 10.2 Å². The van der Waals surface area contributed by atoms with Crippen molar-refractivity contribution in [3.63, 3.8) is 0 Å². The van der Waals surface area contributed by atoms with E-state index >= 15 is 0 Å². The number of hydrogen-bond acceptors (Lipinski definition) is 2. The minimum absolute atomic E-state index is 0.964. The van der Waals surface area contributed by atoms with E-state index in [2.05, 4.69) is 42.8 Å². The average molecular weight is 332 g/mol. The maximum absolute atomic E-state index is 4.48. The SMILES string of the molecule is Cc1cc(-c2cccc[n+]2-[n+]2ccccc2-c2cc(C)nn2C)[nH]n1. The summed E-state index contributed by atoms with van der Waals surface area (Å²) in [5.41, 5.74) is 6.07. The van der Waals surface area contributed by atoms with Gasteiger partial charge >= 0.3 is 11.4 Å². The van der Waals surface area contributed by atoms with Crippen molar-refractivity contribution < 1.29 is 9.35 Å². The van der Waals surface area contributed by atoms with Gasteiger partial charge in [0.05, 0.1) is 20.7 Å². The van der Waals surface area contributed by atoms with E-state index in [9.17, 15) is 0 Å². The topological polar surface area (TPSA) is 54.3 Å². The standard InChI is InChI=1S/C19H20N6/c1-14-12-16(21-20-14)17-8-4-6-10-24(17)25-11-7-5-9-18(25)19-13-15(2)22-23(19)3/h4-13H,1-3H3,(H,20,21)/q+2. The first-order chi connectivity index (χ1) is 12.1. The molecule has 4 heterocycles. The summed E-state index contributed by atoms with van der Waals surface area (Å²) in [7, 11) is 1.97. The fraction of sp³-hybridized carbons (Fsp3) is 0.158. The molecule has 25 heavy (non-hydrogen) atoms. The Bertz CT molecular complexity index is 1040. The van der Waals surface area contributed by atoms with Crippen molar-refractivity contribution in [3.8, 4) is 22.8 Å². The predicted molar refractivity (Wildman–Crippen MR) is 93.3 cm³/mol. The summed E-state index contributed by atoms with van der Waals surface area (Å²) in [5.74, 6) is 0. The molecule has 4 aromatic heterocycles. The van der Waals surface area contributed by atoms with E-state index in [4.69, 9.17) is 0 Å². The average Bonchev–Trinajstić information content (AvgIpc) is 3.20. The number of hydrogen-bond donors (Lipinski definition) is 1. The van der Waals surface area contributed by atoms with Crippen molar-refractivity contribution in [1.29, 1.82) is 0 Å². The Morgan fingerprint density at radius 1 is 0.880 bits per heavy atom. The van der Waals surface area contributed by atoms with E-state index in [-0.39, 0.29) is 0 Å². The highest BCUT2D eigenvalue weighted by molar-refractivity contribution is 5.52. The van der Waals surface area contributed by atoms with Gasteiger partial charge in [0.15, 0.2) is 0 Å². The summed E-state index contributed by atoms with van der Waals surface area (Å²) in [4.78, 5) is 0. The zero-order valence-corrected chi connectivity index (χ0v) is 14.5. The molecule has 1 N–H and O–H groups in total. The maximum Gasteiger partial charge on any atom is 0.302 e. The van der Waals surface area contributed by atoms with Crippen molar-refractivity contribution in [1.82, 2.24) is 20.0 Å². The Kier molecular flexibility index (Phi) is 3.65. The molecule has 0 unspecified atom stereocenters. The predicted octanol–water partition coefficient (Wildman–Crippen LogP) is 1.98. The van der Waals surface area contributed by atoms with Gasteiger partial charge in [-0.15, -0.1) is 0 Å². The van der Waals surface area contributed by atoms with Crippen molar-refractivity contribution in [3.05, 3.63) is 72.3 Å². The number of pyridine rings is 2. The maximum atomic E-state index is 4.48. The number of aromatic nitrogens is 6. The van der Waals surface area contributed by atoms with Crippen molar-refractivity contribution in [2.24, 2.45) is 7.05 Å². The van der Waals surface area contributed by atoms with Crippen LogP contribution in [0.3, 0.4) is 0 Å². The molecule has 0 aliphatic heterocycles. The second-order valence-corrected chi connectivity index (χ2v) is 6.08. The molecule has 0 aromatic carbocycles. The number of H-pyrrole nitrogens is 1. The molecular weight excluding hydrogens is 312 g/mol. The molecule has 4 rings (SSSR count). The highest BCUT2D eigenvalue weighted by Crippen LogP contribution is 2.16. The van der Waals surface area contributed by atoms with Crippen LogP contribution in [0.5, 0.6) is 0 Å². The summed E-state index contributed by atoms with van der Waals surface area (Å²) in [6.07, 6.45) is 4.09. The molecule has 0 aliphatic carbocycles. The Morgan fingerprint density at radius 3 is 2.16 bits per heavy atom. The molecule has 0 atom stereocenters. The lowest BCUT2D eigenvalue weighted by Gasteiger charge is -2.01. The van der Waals surface area contributed by atoms with Crippen LogP contribution in [0.1, 0.15) is 11.4 Å². The highest BCUT2D eigenvalue weighted by Gasteiger charge is 2.28. The second kappa shape index (κ2) is 5.98. The lowest BCUT2D eigenvalue weighted by Crippen LogP contribution is -2.68.